The van der Waals surface area contributed by atoms with Crippen LogP contribution in [0.3, 0.4) is 0 Å². The number of hydrogen-bond acceptors (Lipinski definition) is 4. The summed E-state index contributed by atoms with van der Waals surface area (Å²) in [5, 5.41) is 1.09. The second-order valence-corrected chi connectivity index (χ2v) is 11.6. The fraction of sp³-hybridized carbons (Fsp3) is 0.308. The van der Waals surface area contributed by atoms with Gasteiger partial charge in [0.2, 0.25) is 5.72 Å². The summed E-state index contributed by atoms with van der Waals surface area (Å²) in [7, 11) is 0. The van der Waals surface area contributed by atoms with Crippen LogP contribution in [0.2, 0.25) is 0 Å². The summed E-state index contributed by atoms with van der Waals surface area (Å²) in [6.45, 7) is 7.93. The number of ether oxygens (including phenoxy) is 2. The van der Waals surface area contributed by atoms with Crippen molar-refractivity contribution in [2.45, 2.75) is 71.6 Å². The Bertz CT molecular complexity index is 1720. The van der Waals surface area contributed by atoms with Crippen LogP contribution >= 0.6 is 0 Å². The third-order valence-corrected chi connectivity index (χ3v) is 8.79. The summed E-state index contributed by atoms with van der Waals surface area (Å²) in [5.41, 5.74) is 5.28. The number of aromatic nitrogens is 1. The lowest BCUT2D eigenvalue weighted by molar-refractivity contribution is 0.0136. The molecule has 0 fully saturated rings. The summed E-state index contributed by atoms with van der Waals surface area (Å²) in [5.74, 6) is 0.480. The summed E-state index contributed by atoms with van der Waals surface area (Å²) < 4.78 is 15.0. The Kier molecular flexibility index (Phi) is 8.74. The molecule has 0 bridgehead atoms. The predicted octanol–water partition coefficient (Wildman–Crippen LogP) is 9.92. The molecule has 5 heteroatoms. The Morgan fingerprint density at radius 1 is 0.750 bits per heavy atom. The Morgan fingerprint density at radius 2 is 1.41 bits per heavy atom. The van der Waals surface area contributed by atoms with Gasteiger partial charge in [-0.2, -0.15) is 0 Å². The van der Waals surface area contributed by atoms with Crippen molar-refractivity contribution in [3.63, 3.8) is 0 Å². The van der Waals surface area contributed by atoms with Crippen LogP contribution in [0.4, 0.5) is 11.4 Å². The van der Waals surface area contributed by atoms with Gasteiger partial charge in [0.05, 0.1) is 17.7 Å². The molecule has 2 heterocycles. The summed E-state index contributed by atoms with van der Waals surface area (Å²) in [6, 6.07) is 34.7. The number of rotatable bonds is 13. The molecule has 5 aromatic rings. The number of hydrogen-bond donors (Lipinski definition) is 0. The van der Waals surface area contributed by atoms with E-state index in [1.165, 1.54) is 32.1 Å². The van der Waals surface area contributed by atoms with Crippen molar-refractivity contribution >= 4 is 28.2 Å². The van der Waals surface area contributed by atoms with Crippen LogP contribution in [-0.2, 0) is 17.0 Å². The summed E-state index contributed by atoms with van der Waals surface area (Å²) in [4.78, 5) is 16.0. The van der Waals surface area contributed by atoms with E-state index in [4.69, 9.17) is 9.47 Å². The molecule has 0 N–H and O–H groups in total. The van der Waals surface area contributed by atoms with Gasteiger partial charge in [-0.25, -0.2) is 4.79 Å². The molecule has 1 aliphatic rings. The molecule has 0 spiro atoms. The number of cyclic esters (lactones) is 1. The number of carbonyl (C=O) groups excluding carboxylic acids is 1. The minimum atomic E-state index is -1.24. The first-order valence-electron chi connectivity index (χ1n) is 16.1. The zero-order chi connectivity index (χ0) is 30.5. The second-order valence-electron chi connectivity index (χ2n) is 11.6. The van der Waals surface area contributed by atoms with Crippen molar-refractivity contribution in [3.8, 4) is 5.75 Å². The van der Waals surface area contributed by atoms with Crippen LogP contribution in [0, 0.1) is 6.92 Å². The van der Waals surface area contributed by atoms with E-state index in [0.717, 1.165) is 57.8 Å². The van der Waals surface area contributed by atoms with E-state index < -0.39 is 5.72 Å². The third kappa shape index (κ3) is 5.25. The fourth-order valence-corrected chi connectivity index (χ4v) is 6.81. The van der Waals surface area contributed by atoms with E-state index >= 15 is 0 Å². The van der Waals surface area contributed by atoms with E-state index in [9.17, 15) is 4.79 Å². The Hall–Kier alpha value is -4.51. The highest BCUT2D eigenvalue weighted by Crippen LogP contribution is 2.53. The largest absolute Gasteiger partial charge is 0.494 e. The van der Waals surface area contributed by atoms with Gasteiger partial charge in [0, 0.05) is 40.1 Å². The van der Waals surface area contributed by atoms with Crippen molar-refractivity contribution < 1.29 is 14.3 Å². The molecule has 5 nitrogen and oxygen atoms in total. The molecule has 1 atom stereocenters. The van der Waals surface area contributed by atoms with Gasteiger partial charge in [0.25, 0.3) is 0 Å². The van der Waals surface area contributed by atoms with Gasteiger partial charge in [-0.1, -0.05) is 93.6 Å². The van der Waals surface area contributed by atoms with E-state index in [1.807, 2.05) is 61.5 Å². The lowest BCUT2D eigenvalue weighted by atomic mass is 9.88. The molecule has 1 aromatic heterocycles. The molecule has 4 aromatic carbocycles. The first kappa shape index (κ1) is 29.6. The van der Waals surface area contributed by atoms with Crippen LogP contribution in [0.15, 0.2) is 103 Å². The second kappa shape index (κ2) is 13.0. The maximum Gasteiger partial charge on any atom is 0.341 e. The van der Waals surface area contributed by atoms with Crippen molar-refractivity contribution in [2.75, 3.05) is 11.5 Å². The average molecular weight is 587 g/mol. The van der Waals surface area contributed by atoms with E-state index in [0.29, 0.717) is 12.2 Å². The number of unbranched alkanes of at least 4 members (excludes halogenated alkanes) is 5. The topological polar surface area (TPSA) is 43.7 Å². The molecule has 0 aliphatic carbocycles. The van der Waals surface area contributed by atoms with Gasteiger partial charge >= 0.3 is 5.97 Å². The van der Waals surface area contributed by atoms with Gasteiger partial charge in [-0.3, -0.25) is 4.90 Å². The minimum Gasteiger partial charge on any atom is -0.494 e. The van der Waals surface area contributed by atoms with E-state index in [2.05, 4.69) is 71.8 Å². The van der Waals surface area contributed by atoms with Crippen molar-refractivity contribution in [1.29, 1.82) is 0 Å². The molecule has 0 saturated carbocycles. The molecule has 1 aliphatic heterocycles. The minimum absolute atomic E-state index is 0.320. The monoisotopic (exact) mass is 586 g/mol. The zero-order valence-electron chi connectivity index (χ0n) is 26.1. The number of anilines is 2. The zero-order valence-corrected chi connectivity index (χ0v) is 26.1. The molecule has 0 amide bonds. The average Bonchev–Trinajstić information content (AvgIpc) is 3.51. The molecule has 1 unspecified atom stereocenters. The van der Waals surface area contributed by atoms with Gasteiger partial charge in [0.15, 0.2) is 0 Å². The SMILES string of the molecule is CCCCCCCCn1c(C)c(C2(N(c3ccccc3)c3ccc(OCC)cc3)OC(=O)c3ccccc32)c2ccccc21. The van der Waals surface area contributed by atoms with Crippen molar-refractivity contribution in [2.24, 2.45) is 0 Å². The number of nitrogens with zero attached hydrogens (tertiary/aromatic N) is 2. The fourth-order valence-electron chi connectivity index (χ4n) is 6.81. The maximum absolute atomic E-state index is 13.8. The maximum atomic E-state index is 13.8. The Balaban J connectivity index is 1.59. The number of esters is 1. The number of fused-ring (bicyclic) bond motifs is 2. The van der Waals surface area contributed by atoms with Gasteiger partial charge in [-0.15, -0.1) is 0 Å². The van der Waals surface area contributed by atoms with E-state index in [1.54, 1.807) is 0 Å². The number of carbonyl (C=O) groups is 1. The highest BCUT2D eigenvalue weighted by Gasteiger charge is 2.54. The molecular formula is C39H42N2O3. The van der Waals surface area contributed by atoms with Crippen LogP contribution in [0.25, 0.3) is 10.9 Å². The molecule has 6 rings (SSSR count). The highest BCUT2D eigenvalue weighted by atomic mass is 16.6. The molecule has 0 radical (unpaired) electrons. The molecular weight excluding hydrogens is 544 g/mol. The van der Waals surface area contributed by atoms with Crippen LogP contribution in [0.1, 0.15) is 79.6 Å². The highest BCUT2D eigenvalue weighted by molar-refractivity contribution is 5.99. The summed E-state index contributed by atoms with van der Waals surface area (Å²) in [6.07, 6.45) is 7.40. The van der Waals surface area contributed by atoms with Crippen LogP contribution in [0.5, 0.6) is 5.75 Å². The van der Waals surface area contributed by atoms with Gasteiger partial charge in [-0.05, 0) is 68.8 Å². The molecule has 44 heavy (non-hydrogen) atoms. The smallest absolute Gasteiger partial charge is 0.341 e. The molecule has 0 saturated heterocycles. The lowest BCUT2D eigenvalue weighted by Crippen LogP contribution is -2.45. The number of para-hydroxylation sites is 2. The van der Waals surface area contributed by atoms with Gasteiger partial charge < -0.3 is 14.0 Å². The lowest BCUT2D eigenvalue weighted by Gasteiger charge is -2.42. The first-order valence-corrected chi connectivity index (χ1v) is 16.1. The van der Waals surface area contributed by atoms with Gasteiger partial charge in [0.1, 0.15) is 5.75 Å². The summed E-state index contributed by atoms with van der Waals surface area (Å²) >= 11 is 0. The quantitative estimate of drug-likeness (QED) is 0.102. The molecule has 226 valence electrons. The Labute approximate surface area is 261 Å². The Morgan fingerprint density at radius 3 is 2.18 bits per heavy atom. The van der Waals surface area contributed by atoms with E-state index in [-0.39, 0.29) is 5.97 Å². The van der Waals surface area contributed by atoms with Crippen molar-refractivity contribution in [3.05, 3.63) is 126 Å². The predicted molar refractivity (Wildman–Crippen MR) is 179 cm³/mol. The van der Waals surface area contributed by atoms with Crippen LogP contribution < -0.4 is 9.64 Å². The number of aryl methyl sites for hydroxylation is 1. The standard InChI is InChI=1S/C39H42N2O3/c1-4-6-7-8-9-17-28-40-29(3)37(34-21-14-16-23-36(34)40)39(35-22-15-13-20-33(35)38(42)44-39)41(30-18-11-10-12-19-30)31-24-26-32(27-25-31)43-5-2/h10-16,18-27H,4-9,17,28H2,1-3H3. The normalized spacial score (nSPS) is 15.8. The van der Waals surface area contributed by atoms with Crippen molar-refractivity contribution in [1.82, 2.24) is 4.57 Å². The van der Waals surface area contributed by atoms with Crippen LogP contribution in [-0.4, -0.2) is 17.1 Å². The third-order valence-electron chi connectivity index (χ3n) is 8.79. The first-order chi connectivity index (χ1) is 21.6. The number of benzene rings is 4.